The normalized spacial score (nSPS) is 19.0. The van der Waals surface area contributed by atoms with E-state index in [-0.39, 0.29) is 24.7 Å². The highest BCUT2D eigenvalue weighted by Gasteiger charge is 2.34. The largest absolute Gasteiger partial charge is 0.495 e. The summed E-state index contributed by atoms with van der Waals surface area (Å²) in [5.41, 5.74) is 6.51. The van der Waals surface area contributed by atoms with E-state index in [9.17, 15) is 8.78 Å². The molecule has 122 valence electrons. The van der Waals surface area contributed by atoms with Gasteiger partial charge in [0.2, 0.25) is 5.92 Å². The molecule has 0 radical (unpaired) electrons. The Morgan fingerprint density at radius 3 is 2.73 bits per heavy atom. The van der Waals surface area contributed by atoms with Crippen molar-refractivity contribution in [2.75, 3.05) is 19.0 Å². The summed E-state index contributed by atoms with van der Waals surface area (Å²) < 4.78 is 31.2. The van der Waals surface area contributed by atoms with Crippen LogP contribution in [0, 0.1) is 5.92 Å². The first-order valence-corrected chi connectivity index (χ1v) is 7.56. The Bertz CT molecular complexity index is 542. The number of rotatable bonds is 4. The lowest BCUT2D eigenvalue weighted by Gasteiger charge is -2.27. The quantitative estimate of drug-likeness (QED) is 0.649. The highest BCUT2D eigenvalue weighted by atomic mass is 35.5. The lowest BCUT2D eigenvalue weighted by molar-refractivity contribution is -0.0446. The standard InChI is InChI=1S/C15H20ClF2N3O/c1-22-13-3-2-11(8-12(13)16)21-14(19)20-9-10-4-6-15(17,18)7-5-10/h2-3,8,10H,4-7,9H2,1H3,(H3,19,20,21). The summed E-state index contributed by atoms with van der Waals surface area (Å²) in [6, 6.07) is 5.18. The highest BCUT2D eigenvalue weighted by molar-refractivity contribution is 6.32. The predicted molar refractivity (Wildman–Crippen MR) is 85.0 cm³/mol. The summed E-state index contributed by atoms with van der Waals surface area (Å²) in [5, 5.41) is 3.40. The second kappa shape index (κ2) is 7.13. The molecule has 1 aromatic rings. The van der Waals surface area contributed by atoms with E-state index in [2.05, 4.69) is 10.3 Å². The van der Waals surface area contributed by atoms with E-state index < -0.39 is 5.92 Å². The molecule has 1 saturated carbocycles. The van der Waals surface area contributed by atoms with Gasteiger partial charge in [0, 0.05) is 25.1 Å². The molecule has 1 fully saturated rings. The average Bonchev–Trinajstić information content (AvgIpc) is 2.46. The number of halogens is 3. The number of methoxy groups -OCH3 is 1. The molecule has 0 amide bonds. The van der Waals surface area contributed by atoms with Crippen molar-refractivity contribution in [2.24, 2.45) is 16.6 Å². The molecule has 0 aromatic heterocycles. The third-order valence-electron chi connectivity index (χ3n) is 3.78. The van der Waals surface area contributed by atoms with Crippen LogP contribution in [0.1, 0.15) is 25.7 Å². The Morgan fingerprint density at radius 1 is 1.45 bits per heavy atom. The van der Waals surface area contributed by atoms with Crippen LogP contribution >= 0.6 is 11.6 Å². The molecule has 0 heterocycles. The predicted octanol–water partition coefficient (Wildman–Crippen LogP) is 3.90. The lowest BCUT2D eigenvalue weighted by atomic mass is 9.87. The van der Waals surface area contributed by atoms with Gasteiger partial charge in [-0.25, -0.2) is 8.78 Å². The van der Waals surface area contributed by atoms with Crippen LogP contribution in [0.5, 0.6) is 5.75 Å². The van der Waals surface area contributed by atoms with Crippen molar-refractivity contribution in [3.63, 3.8) is 0 Å². The zero-order chi connectivity index (χ0) is 16.2. The molecule has 0 unspecified atom stereocenters. The molecule has 0 spiro atoms. The van der Waals surface area contributed by atoms with Crippen LogP contribution in [0.2, 0.25) is 5.02 Å². The molecule has 22 heavy (non-hydrogen) atoms. The molecule has 7 heteroatoms. The number of hydrogen-bond donors (Lipinski definition) is 2. The van der Waals surface area contributed by atoms with E-state index in [1.165, 1.54) is 7.11 Å². The van der Waals surface area contributed by atoms with Gasteiger partial charge in [0.1, 0.15) is 5.75 Å². The molecule has 3 N–H and O–H groups in total. The van der Waals surface area contributed by atoms with Crippen molar-refractivity contribution in [3.8, 4) is 5.75 Å². The van der Waals surface area contributed by atoms with Gasteiger partial charge >= 0.3 is 0 Å². The van der Waals surface area contributed by atoms with Crippen molar-refractivity contribution in [1.82, 2.24) is 0 Å². The topological polar surface area (TPSA) is 59.6 Å². The van der Waals surface area contributed by atoms with Crippen LogP contribution in [0.25, 0.3) is 0 Å². The summed E-state index contributed by atoms with van der Waals surface area (Å²) in [6.45, 7) is 0.457. The number of nitrogens with two attached hydrogens (primary N) is 1. The maximum atomic E-state index is 13.1. The molecule has 0 aliphatic heterocycles. The number of nitrogens with one attached hydrogen (secondary N) is 1. The Labute approximate surface area is 133 Å². The smallest absolute Gasteiger partial charge is 0.248 e. The van der Waals surface area contributed by atoms with Crippen molar-refractivity contribution in [1.29, 1.82) is 0 Å². The molecule has 0 bridgehead atoms. The van der Waals surface area contributed by atoms with Gasteiger partial charge in [-0.2, -0.15) is 0 Å². The van der Waals surface area contributed by atoms with Gasteiger partial charge in [0.15, 0.2) is 5.96 Å². The number of ether oxygens (including phenoxy) is 1. The maximum Gasteiger partial charge on any atom is 0.248 e. The second-order valence-corrected chi connectivity index (χ2v) is 5.91. The molecule has 1 aromatic carbocycles. The summed E-state index contributed by atoms with van der Waals surface area (Å²) >= 11 is 6.02. The van der Waals surface area contributed by atoms with Crippen LogP contribution in [-0.4, -0.2) is 25.5 Å². The first-order valence-electron chi connectivity index (χ1n) is 7.18. The van der Waals surface area contributed by atoms with Crippen LogP contribution in [-0.2, 0) is 0 Å². The Morgan fingerprint density at radius 2 is 2.14 bits per heavy atom. The molecule has 1 aliphatic carbocycles. The van der Waals surface area contributed by atoms with E-state index >= 15 is 0 Å². The number of anilines is 1. The molecule has 0 saturated heterocycles. The zero-order valence-electron chi connectivity index (χ0n) is 12.4. The van der Waals surface area contributed by atoms with E-state index in [1.54, 1.807) is 18.2 Å². The summed E-state index contributed by atoms with van der Waals surface area (Å²) in [5.74, 6) is -1.52. The Kier molecular flexibility index (Phi) is 5.45. The van der Waals surface area contributed by atoms with Gasteiger partial charge in [-0.1, -0.05) is 11.6 Å². The van der Waals surface area contributed by atoms with Crippen molar-refractivity contribution in [2.45, 2.75) is 31.6 Å². The fourth-order valence-corrected chi connectivity index (χ4v) is 2.70. The summed E-state index contributed by atoms with van der Waals surface area (Å²) in [4.78, 5) is 4.23. The number of guanidine groups is 1. The minimum absolute atomic E-state index is 0.0609. The van der Waals surface area contributed by atoms with E-state index in [0.29, 0.717) is 35.8 Å². The molecular weight excluding hydrogens is 312 g/mol. The minimum Gasteiger partial charge on any atom is -0.495 e. The van der Waals surface area contributed by atoms with Crippen molar-refractivity contribution in [3.05, 3.63) is 23.2 Å². The van der Waals surface area contributed by atoms with Crippen molar-refractivity contribution < 1.29 is 13.5 Å². The molecule has 1 aliphatic rings. The lowest BCUT2D eigenvalue weighted by Crippen LogP contribution is -2.28. The Hall–Kier alpha value is -1.56. The molecular formula is C15H20ClF2N3O. The molecule has 4 nitrogen and oxygen atoms in total. The third kappa shape index (κ3) is 4.73. The molecule has 0 atom stereocenters. The average molecular weight is 332 g/mol. The SMILES string of the molecule is COc1ccc(NC(N)=NCC2CCC(F)(F)CC2)cc1Cl. The van der Waals surface area contributed by atoms with E-state index in [4.69, 9.17) is 22.1 Å². The van der Waals surface area contributed by atoms with Crippen LogP contribution in [0.3, 0.4) is 0 Å². The third-order valence-corrected chi connectivity index (χ3v) is 4.08. The number of hydrogen-bond acceptors (Lipinski definition) is 2. The van der Waals surface area contributed by atoms with Gasteiger partial charge in [-0.05, 0) is 37.0 Å². The van der Waals surface area contributed by atoms with Crippen LogP contribution in [0.4, 0.5) is 14.5 Å². The van der Waals surface area contributed by atoms with Crippen LogP contribution < -0.4 is 15.8 Å². The molecule has 2 rings (SSSR count). The van der Waals surface area contributed by atoms with Gasteiger partial charge in [0.05, 0.1) is 12.1 Å². The monoisotopic (exact) mass is 331 g/mol. The van der Waals surface area contributed by atoms with Crippen LogP contribution in [0.15, 0.2) is 23.2 Å². The first-order chi connectivity index (χ1) is 10.4. The zero-order valence-corrected chi connectivity index (χ0v) is 13.2. The van der Waals surface area contributed by atoms with Gasteiger partial charge in [-0.3, -0.25) is 4.99 Å². The minimum atomic E-state index is -2.51. The number of aliphatic imine (C=N–C) groups is 1. The van der Waals surface area contributed by atoms with E-state index in [0.717, 1.165) is 0 Å². The number of alkyl halides is 2. The number of nitrogens with zero attached hydrogens (tertiary/aromatic N) is 1. The maximum absolute atomic E-state index is 13.1. The van der Waals surface area contributed by atoms with Gasteiger partial charge in [-0.15, -0.1) is 0 Å². The first kappa shape index (κ1) is 16.8. The fourth-order valence-electron chi connectivity index (χ4n) is 2.44. The van der Waals surface area contributed by atoms with Gasteiger partial charge < -0.3 is 15.8 Å². The van der Waals surface area contributed by atoms with E-state index in [1.807, 2.05) is 0 Å². The van der Waals surface area contributed by atoms with Gasteiger partial charge in [0.25, 0.3) is 0 Å². The Balaban J connectivity index is 1.86. The fraction of sp³-hybridized carbons (Fsp3) is 0.533. The number of benzene rings is 1. The van der Waals surface area contributed by atoms with Crippen molar-refractivity contribution >= 4 is 23.2 Å². The second-order valence-electron chi connectivity index (χ2n) is 5.50. The summed E-state index contributed by atoms with van der Waals surface area (Å²) in [6.07, 6.45) is 0.847. The highest BCUT2D eigenvalue weighted by Crippen LogP contribution is 2.36. The summed E-state index contributed by atoms with van der Waals surface area (Å²) in [7, 11) is 1.54.